The maximum absolute atomic E-state index is 12.6. The molecule has 1 aliphatic carbocycles. The topological polar surface area (TPSA) is 41.1 Å². The van der Waals surface area contributed by atoms with Crippen molar-refractivity contribution in [3.05, 3.63) is 29.3 Å². The van der Waals surface area contributed by atoms with Gasteiger partial charge in [0, 0.05) is 23.5 Å². The van der Waals surface area contributed by atoms with Gasteiger partial charge in [0.1, 0.15) is 0 Å². The Morgan fingerprint density at radius 3 is 2.86 bits per heavy atom. The zero-order valence-corrected chi connectivity index (χ0v) is 14.1. The highest BCUT2D eigenvalue weighted by Crippen LogP contribution is 2.30. The number of anilines is 1. The van der Waals surface area contributed by atoms with Crippen molar-refractivity contribution in [3.8, 4) is 0 Å². The van der Waals surface area contributed by atoms with Gasteiger partial charge < -0.3 is 10.6 Å². The van der Waals surface area contributed by atoms with Crippen LogP contribution in [0, 0.1) is 6.92 Å². The molecule has 116 valence electrons. The Labute approximate surface area is 132 Å². The summed E-state index contributed by atoms with van der Waals surface area (Å²) in [7, 11) is 0. The predicted molar refractivity (Wildman–Crippen MR) is 92.4 cm³/mol. The number of nitrogens with one attached hydrogen (secondary N) is 2. The van der Waals surface area contributed by atoms with E-state index in [1.165, 1.54) is 6.42 Å². The highest BCUT2D eigenvalue weighted by Gasteiger charge is 2.26. The molecule has 1 amide bonds. The molecule has 0 bridgehead atoms. The van der Waals surface area contributed by atoms with Gasteiger partial charge in [-0.15, -0.1) is 0 Å². The Bertz CT molecular complexity index is 490. The van der Waals surface area contributed by atoms with E-state index in [0.29, 0.717) is 11.3 Å². The first kappa shape index (κ1) is 16.2. The second-order valence-electron chi connectivity index (χ2n) is 5.64. The van der Waals surface area contributed by atoms with Gasteiger partial charge in [-0.25, -0.2) is 0 Å². The van der Waals surface area contributed by atoms with E-state index in [9.17, 15) is 4.79 Å². The third-order valence-electron chi connectivity index (χ3n) is 3.91. The first-order chi connectivity index (χ1) is 10.1. The number of rotatable bonds is 6. The fourth-order valence-corrected chi connectivity index (χ4v) is 4.05. The van der Waals surface area contributed by atoms with Crippen molar-refractivity contribution < 1.29 is 4.79 Å². The number of carbonyl (C=O) groups excluding carboxylic acids is 1. The molecule has 4 heteroatoms. The first-order valence-corrected chi connectivity index (χ1v) is 8.95. The van der Waals surface area contributed by atoms with Gasteiger partial charge in [0.15, 0.2) is 0 Å². The van der Waals surface area contributed by atoms with Crippen molar-refractivity contribution in [3.63, 3.8) is 0 Å². The monoisotopic (exact) mass is 306 g/mol. The second kappa shape index (κ2) is 7.74. The van der Waals surface area contributed by atoms with Crippen LogP contribution in [0.3, 0.4) is 0 Å². The van der Waals surface area contributed by atoms with E-state index in [1.54, 1.807) is 0 Å². The molecule has 2 rings (SSSR count). The Balaban J connectivity index is 2.02. The molecule has 3 nitrogen and oxygen atoms in total. The van der Waals surface area contributed by atoms with Crippen LogP contribution in [-0.2, 0) is 0 Å². The summed E-state index contributed by atoms with van der Waals surface area (Å²) in [6.07, 6.45) is 3.43. The summed E-state index contributed by atoms with van der Waals surface area (Å²) in [4.78, 5) is 12.6. The number of amides is 1. The summed E-state index contributed by atoms with van der Waals surface area (Å²) >= 11 is 2.02. The van der Waals surface area contributed by atoms with Crippen molar-refractivity contribution in [2.24, 2.45) is 0 Å². The Hall–Kier alpha value is -1.16. The zero-order chi connectivity index (χ0) is 15.2. The Morgan fingerprint density at radius 1 is 1.33 bits per heavy atom. The third-order valence-corrected chi connectivity index (χ3v) is 5.14. The van der Waals surface area contributed by atoms with Gasteiger partial charge in [0.25, 0.3) is 5.91 Å². The minimum absolute atomic E-state index is 0.0572. The zero-order valence-electron chi connectivity index (χ0n) is 13.2. The molecule has 1 saturated carbocycles. The van der Waals surface area contributed by atoms with Gasteiger partial charge in [0.2, 0.25) is 0 Å². The summed E-state index contributed by atoms with van der Waals surface area (Å²) in [6, 6.07) is 6.34. The normalized spacial score (nSPS) is 21.3. The van der Waals surface area contributed by atoms with E-state index in [-0.39, 0.29) is 5.91 Å². The lowest BCUT2D eigenvalue weighted by Crippen LogP contribution is -2.33. The Morgan fingerprint density at radius 2 is 2.14 bits per heavy atom. The standard InChI is InChI=1S/C17H26N2OS/c1-4-18-16-9-6-12(3)10-15(16)17(20)19-13-7-8-14(11-13)21-5-2/h6,9-10,13-14,18H,4-5,7-8,11H2,1-3H3,(H,19,20). The van der Waals surface area contributed by atoms with E-state index in [1.807, 2.05) is 43.8 Å². The Kier molecular flexibility index (Phi) is 5.97. The average molecular weight is 306 g/mol. The number of thioether (sulfide) groups is 1. The van der Waals surface area contributed by atoms with Crippen LogP contribution in [0.25, 0.3) is 0 Å². The molecule has 1 aliphatic rings. The quantitative estimate of drug-likeness (QED) is 0.839. The first-order valence-electron chi connectivity index (χ1n) is 7.91. The van der Waals surface area contributed by atoms with E-state index in [4.69, 9.17) is 0 Å². The fraction of sp³-hybridized carbons (Fsp3) is 0.588. The molecular formula is C17H26N2OS. The minimum atomic E-state index is 0.0572. The number of hydrogen-bond acceptors (Lipinski definition) is 3. The van der Waals surface area contributed by atoms with Crippen LogP contribution >= 0.6 is 11.8 Å². The molecule has 2 unspecified atom stereocenters. The molecule has 0 radical (unpaired) electrons. The lowest BCUT2D eigenvalue weighted by Gasteiger charge is -2.16. The molecule has 21 heavy (non-hydrogen) atoms. The van der Waals surface area contributed by atoms with Crippen LogP contribution in [-0.4, -0.2) is 29.5 Å². The van der Waals surface area contributed by atoms with Crippen molar-refractivity contribution >= 4 is 23.4 Å². The molecule has 2 atom stereocenters. The van der Waals surface area contributed by atoms with Crippen LogP contribution in [0.1, 0.15) is 49.0 Å². The maximum atomic E-state index is 12.6. The smallest absolute Gasteiger partial charge is 0.253 e. The van der Waals surface area contributed by atoms with Gasteiger partial charge >= 0.3 is 0 Å². The molecule has 0 aromatic heterocycles. The third kappa shape index (κ3) is 4.40. The molecule has 0 spiro atoms. The molecule has 1 aromatic rings. The highest BCUT2D eigenvalue weighted by molar-refractivity contribution is 7.99. The van der Waals surface area contributed by atoms with E-state index in [0.717, 1.165) is 42.0 Å². The van der Waals surface area contributed by atoms with Gasteiger partial charge in [-0.05, 0) is 51.0 Å². The summed E-state index contributed by atoms with van der Waals surface area (Å²) in [5, 5.41) is 7.20. The largest absolute Gasteiger partial charge is 0.385 e. The number of hydrogen-bond donors (Lipinski definition) is 2. The summed E-state index contributed by atoms with van der Waals surface area (Å²) in [5.74, 6) is 1.22. The minimum Gasteiger partial charge on any atom is -0.385 e. The number of carbonyl (C=O) groups is 1. The van der Waals surface area contributed by atoms with Gasteiger partial charge in [0.05, 0.1) is 5.56 Å². The van der Waals surface area contributed by atoms with Crippen molar-refractivity contribution in [1.29, 1.82) is 0 Å². The molecule has 0 saturated heterocycles. The molecular weight excluding hydrogens is 280 g/mol. The predicted octanol–water partition coefficient (Wildman–Crippen LogP) is 3.83. The fourth-order valence-electron chi connectivity index (χ4n) is 2.91. The molecule has 1 fully saturated rings. The SMILES string of the molecule is CCNc1ccc(C)cc1C(=O)NC1CCC(SCC)C1. The van der Waals surface area contributed by atoms with E-state index < -0.39 is 0 Å². The van der Waals surface area contributed by atoms with Crippen LogP contribution in [0.2, 0.25) is 0 Å². The molecule has 0 aliphatic heterocycles. The van der Waals surface area contributed by atoms with Gasteiger partial charge in [-0.2, -0.15) is 11.8 Å². The molecule has 0 heterocycles. The van der Waals surface area contributed by atoms with Crippen molar-refractivity contribution in [2.75, 3.05) is 17.6 Å². The van der Waals surface area contributed by atoms with Crippen LogP contribution < -0.4 is 10.6 Å². The number of benzene rings is 1. The van der Waals surface area contributed by atoms with Crippen molar-refractivity contribution in [2.45, 2.75) is 51.3 Å². The van der Waals surface area contributed by atoms with E-state index >= 15 is 0 Å². The van der Waals surface area contributed by atoms with Crippen LogP contribution in [0.5, 0.6) is 0 Å². The van der Waals surface area contributed by atoms with Crippen LogP contribution in [0.4, 0.5) is 5.69 Å². The van der Waals surface area contributed by atoms with Gasteiger partial charge in [-0.3, -0.25) is 4.79 Å². The summed E-state index contributed by atoms with van der Waals surface area (Å²) in [5.41, 5.74) is 2.81. The average Bonchev–Trinajstić information content (AvgIpc) is 2.88. The molecule has 2 N–H and O–H groups in total. The van der Waals surface area contributed by atoms with Crippen LogP contribution in [0.15, 0.2) is 18.2 Å². The van der Waals surface area contributed by atoms with Gasteiger partial charge in [-0.1, -0.05) is 18.6 Å². The second-order valence-corrected chi connectivity index (χ2v) is 7.22. The van der Waals surface area contributed by atoms with Crippen molar-refractivity contribution in [1.82, 2.24) is 5.32 Å². The lowest BCUT2D eigenvalue weighted by molar-refractivity contribution is 0.0938. The maximum Gasteiger partial charge on any atom is 0.253 e. The highest BCUT2D eigenvalue weighted by atomic mass is 32.2. The lowest BCUT2D eigenvalue weighted by atomic mass is 10.1. The summed E-state index contributed by atoms with van der Waals surface area (Å²) in [6.45, 7) is 7.09. The molecule has 1 aromatic carbocycles. The van der Waals surface area contributed by atoms with E-state index in [2.05, 4.69) is 17.6 Å². The summed E-state index contributed by atoms with van der Waals surface area (Å²) < 4.78 is 0. The number of aryl methyl sites for hydroxylation is 1.